The highest BCUT2D eigenvalue weighted by Crippen LogP contribution is 2.32. The van der Waals surface area contributed by atoms with Crippen molar-refractivity contribution < 1.29 is 4.79 Å². The fourth-order valence-corrected chi connectivity index (χ4v) is 4.15. The predicted molar refractivity (Wildman–Crippen MR) is 120 cm³/mol. The summed E-state index contributed by atoms with van der Waals surface area (Å²) in [6.45, 7) is 0.689. The van der Waals surface area contributed by atoms with Gasteiger partial charge >= 0.3 is 0 Å². The lowest BCUT2D eigenvalue weighted by Gasteiger charge is -2.15. The Labute approximate surface area is 172 Å². The number of fused-ring (bicyclic) bond motifs is 3. The molecule has 0 aliphatic heterocycles. The second kappa shape index (κ2) is 8.52. The number of benzene rings is 2. The van der Waals surface area contributed by atoms with Crippen molar-refractivity contribution in [3.8, 4) is 0 Å². The molecule has 5 heteroatoms. The Balaban J connectivity index is 1.39. The first-order valence-electron chi connectivity index (χ1n) is 10.3. The van der Waals surface area contributed by atoms with Crippen molar-refractivity contribution in [2.45, 2.75) is 38.6 Å². The number of hydrogen-bond acceptors (Lipinski definition) is 3. The van der Waals surface area contributed by atoms with E-state index in [2.05, 4.69) is 39.4 Å². The van der Waals surface area contributed by atoms with Gasteiger partial charge in [-0.2, -0.15) is 5.10 Å². The molecule has 0 spiro atoms. The van der Waals surface area contributed by atoms with E-state index in [4.69, 9.17) is 0 Å². The normalized spacial score (nSPS) is 13.6. The molecule has 1 amide bonds. The van der Waals surface area contributed by atoms with Gasteiger partial charge in [-0.1, -0.05) is 30.3 Å². The molecule has 4 rings (SSSR count). The van der Waals surface area contributed by atoms with Gasteiger partial charge in [0.2, 0.25) is 5.91 Å². The fraction of sp³-hybridized carbons (Fsp3) is 0.333. The third-order valence-electron chi connectivity index (χ3n) is 5.66. The zero-order chi connectivity index (χ0) is 20.2. The number of amides is 1. The van der Waals surface area contributed by atoms with Gasteiger partial charge in [0.15, 0.2) is 0 Å². The molecule has 1 heterocycles. The average molecular weight is 389 g/mol. The second-order valence-electron chi connectivity index (χ2n) is 7.83. The highest BCUT2D eigenvalue weighted by atomic mass is 16.2. The number of aryl methyl sites for hydroxylation is 2. The van der Waals surface area contributed by atoms with Crippen molar-refractivity contribution in [2.75, 3.05) is 19.0 Å². The zero-order valence-corrected chi connectivity index (χ0v) is 17.2. The van der Waals surface area contributed by atoms with E-state index in [1.54, 1.807) is 6.21 Å². The van der Waals surface area contributed by atoms with Crippen molar-refractivity contribution in [3.05, 3.63) is 65.4 Å². The molecule has 0 radical (unpaired) electrons. The Morgan fingerprint density at radius 2 is 1.86 bits per heavy atom. The topological polar surface area (TPSA) is 49.6 Å². The molecule has 150 valence electrons. The SMILES string of the molecule is CN(C)c1ccc(/C=N/NC(=O)CCn2c3c(c4ccccc42)CCCC3)cc1. The van der Waals surface area contributed by atoms with Crippen LogP contribution >= 0.6 is 0 Å². The van der Waals surface area contributed by atoms with E-state index in [1.165, 1.54) is 35.0 Å². The van der Waals surface area contributed by atoms with E-state index in [0.29, 0.717) is 13.0 Å². The van der Waals surface area contributed by atoms with E-state index < -0.39 is 0 Å². The maximum absolute atomic E-state index is 12.3. The highest BCUT2D eigenvalue weighted by Gasteiger charge is 2.19. The lowest BCUT2D eigenvalue weighted by atomic mass is 9.95. The number of aromatic nitrogens is 1. The first kappa shape index (κ1) is 19.2. The van der Waals surface area contributed by atoms with Gasteiger partial charge in [0.05, 0.1) is 6.21 Å². The van der Waals surface area contributed by atoms with Crippen LogP contribution in [0.25, 0.3) is 10.9 Å². The van der Waals surface area contributed by atoms with Crippen LogP contribution < -0.4 is 10.3 Å². The summed E-state index contributed by atoms with van der Waals surface area (Å²) in [4.78, 5) is 14.4. The molecule has 5 nitrogen and oxygen atoms in total. The first-order chi connectivity index (χ1) is 14.1. The molecule has 0 unspecified atom stereocenters. The van der Waals surface area contributed by atoms with Gasteiger partial charge in [-0.05, 0) is 55.0 Å². The van der Waals surface area contributed by atoms with Crippen LogP contribution in [-0.2, 0) is 24.2 Å². The van der Waals surface area contributed by atoms with Crippen molar-refractivity contribution >= 4 is 28.7 Å². The van der Waals surface area contributed by atoms with Gasteiger partial charge in [0.1, 0.15) is 0 Å². The number of nitrogens with one attached hydrogen (secondary N) is 1. The molecule has 1 aromatic heterocycles. The van der Waals surface area contributed by atoms with Crippen molar-refractivity contribution in [2.24, 2.45) is 5.10 Å². The van der Waals surface area contributed by atoms with E-state index in [0.717, 1.165) is 24.1 Å². The third kappa shape index (κ3) is 4.19. The smallest absolute Gasteiger partial charge is 0.241 e. The summed E-state index contributed by atoms with van der Waals surface area (Å²) in [5, 5.41) is 5.47. The Kier molecular flexibility index (Phi) is 5.65. The monoisotopic (exact) mass is 388 g/mol. The minimum Gasteiger partial charge on any atom is -0.378 e. The van der Waals surface area contributed by atoms with Crippen LogP contribution in [0.1, 0.15) is 36.1 Å². The van der Waals surface area contributed by atoms with E-state index >= 15 is 0 Å². The summed E-state index contributed by atoms with van der Waals surface area (Å²) in [5.74, 6) is -0.0616. The lowest BCUT2D eigenvalue weighted by molar-refractivity contribution is -0.121. The largest absolute Gasteiger partial charge is 0.378 e. The fourth-order valence-electron chi connectivity index (χ4n) is 4.15. The number of anilines is 1. The molecule has 0 bridgehead atoms. The molecule has 1 aliphatic rings. The first-order valence-corrected chi connectivity index (χ1v) is 10.3. The molecular formula is C24H28N4O. The van der Waals surface area contributed by atoms with Gasteiger partial charge in [0.25, 0.3) is 0 Å². The molecule has 3 aromatic rings. The highest BCUT2D eigenvalue weighted by molar-refractivity contribution is 5.86. The minimum atomic E-state index is -0.0616. The molecule has 0 saturated carbocycles. The van der Waals surface area contributed by atoms with Crippen LogP contribution in [0, 0.1) is 0 Å². The molecule has 29 heavy (non-hydrogen) atoms. The number of carbonyl (C=O) groups is 1. The summed E-state index contributed by atoms with van der Waals surface area (Å²) >= 11 is 0. The quantitative estimate of drug-likeness (QED) is 0.510. The predicted octanol–water partition coefficient (Wildman–Crippen LogP) is 4.13. The summed E-state index contributed by atoms with van der Waals surface area (Å²) in [6, 6.07) is 16.6. The molecule has 0 fully saturated rings. The Morgan fingerprint density at radius 3 is 2.66 bits per heavy atom. The van der Waals surface area contributed by atoms with Crippen molar-refractivity contribution in [1.82, 2.24) is 9.99 Å². The van der Waals surface area contributed by atoms with Crippen LogP contribution in [-0.4, -0.2) is 30.8 Å². The third-order valence-corrected chi connectivity index (χ3v) is 5.66. The maximum Gasteiger partial charge on any atom is 0.241 e. The van der Waals surface area contributed by atoms with Gasteiger partial charge < -0.3 is 9.47 Å². The minimum absolute atomic E-state index is 0.0616. The van der Waals surface area contributed by atoms with Crippen LogP contribution in [0.5, 0.6) is 0 Å². The lowest BCUT2D eigenvalue weighted by Crippen LogP contribution is -2.20. The molecule has 2 aromatic carbocycles. The number of carbonyl (C=O) groups excluding carboxylic acids is 1. The van der Waals surface area contributed by atoms with Crippen molar-refractivity contribution in [3.63, 3.8) is 0 Å². The van der Waals surface area contributed by atoms with Crippen LogP contribution in [0.4, 0.5) is 5.69 Å². The van der Waals surface area contributed by atoms with Gasteiger partial charge in [0, 0.05) is 49.3 Å². The van der Waals surface area contributed by atoms with E-state index in [-0.39, 0.29) is 5.91 Å². The standard InChI is InChI=1S/C24H28N4O/c1-27(2)19-13-11-18(12-14-19)17-25-26-24(29)15-16-28-22-9-5-3-7-20(22)21-8-4-6-10-23(21)28/h3,5,7,9,11-14,17H,4,6,8,10,15-16H2,1-2H3,(H,26,29)/b25-17+. The van der Waals surface area contributed by atoms with E-state index in [9.17, 15) is 4.79 Å². The van der Waals surface area contributed by atoms with Crippen molar-refractivity contribution in [1.29, 1.82) is 0 Å². The Bertz CT molecular complexity index is 1030. The number of nitrogens with zero attached hydrogens (tertiary/aromatic N) is 3. The number of hydrazone groups is 1. The number of para-hydroxylation sites is 1. The van der Waals surface area contributed by atoms with Crippen LogP contribution in [0.2, 0.25) is 0 Å². The van der Waals surface area contributed by atoms with Gasteiger partial charge in [-0.15, -0.1) is 0 Å². The Morgan fingerprint density at radius 1 is 1.10 bits per heavy atom. The summed E-state index contributed by atoms with van der Waals surface area (Å²) in [5.41, 5.74) is 8.90. The second-order valence-corrected chi connectivity index (χ2v) is 7.83. The maximum atomic E-state index is 12.3. The summed E-state index contributed by atoms with van der Waals surface area (Å²) in [7, 11) is 4.02. The van der Waals surface area contributed by atoms with Gasteiger partial charge in [-0.25, -0.2) is 5.43 Å². The average Bonchev–Trinajstić information content (AvgIpc) is 3.06. The molecular weight excluding hydrogens is 360 g/mol. The van der Waals surface area contributed by atoms with Crippen LogP contribution in [0.15, 0.2) is 53.6 Å². The number of hydrogen-bond donors (Lipinski definition) is 1. The molecule has 1 N–H and O–H groups in total. The Hall–Kier alpha value is -3.08. The summed E-state index contributed by atoms with van der Waals surface area (Å²) < 4.78 is 2.34. The molecule has 0 atom stereocenters. The van der Waals surface area contributed by atoms with Crippen LogP contribution in [0.3, 0.4) is 0 Å². The zero-order valence-electron chi connectivity index (χ0n) is 17.2. The molecule has 1 aliphatic carbocycles. The van der Waals surface area contributed by atoms with Gasteiger partial charge in [-0.3, -0.25) is 4.79 Å². The van der Waals surface area contributed by atoms with E-state index in [1.807, 2.05) is 43.3 Å². The summed E-state index contributed by atoms with van der Waals surface area (Å²) in [6.07, 6.45) is 6.84. The number of rotatable bonds is 6. The molecule has 0 saturated heterocycles.